The third-order valence-electron chi connectivity index (χ3n) is 2.01. The molecule has 0 aliphatic rings. The molecule has 0 aliphatic heterocycles. The minimum absolute atomic E-state index is 0.0487. The van der Waals surface area contributed by atoms with E-state index in [1.807, 2.05) is 6.92 Å². The Kier molecular flexibility index (Phi) is 4.84. The number of pyridine rings is 1. The average molecular weight is 230 g/mol. The lowest BCUT2D eigenvalue weighted by Gasteiger charge is -2.07. The van der Waals surface area contributed by atoms with Crippen LogP contribution in [-0.4, -0.2) is 21.0 Å². The number of halogens is 1. The maximum atomic E-state index is 12.8. The predicted octanol–water partition coefficient (Wildman–Crippen LogP) is 1.21. The molecule has 2 atom stereocenters. The molecule has 1 aromatic rings. The minimum atomic E-state index is -1.04. The predicted molar refractivity (Wildman–Crippen MR) is 59.2 cm³/mol. The van der Waals surface area contributed by atoms with Gasteiger partial charge in [0.05, 0.1) is 11.9 Å². The molecule has 0 radical (unpaired) electrons. The van der Waals surface area contributed by atoms with E-state index < -0.39 is 16.6 Å². The van der Waals surface area contributed by atoms with Gasteiger partial charge in [-0.2, -0.15) is 0 Å². The normalized spacial score (nSPS) is 14.9. The van der Waals surface area contributed by atoms with Gasteiger partial charge < -0.3 is 5.73 Å². The summed E-state index contributed by atoms with van der Waals surface area (Å²) in [5.74, 6) is 0.371. The summed E-state index contributed by atoms with van der Waals surface area (Å²) in [4.78, 5) is 3.70. The van der Waals surface area contributed by atoms with E-state index in [-0.39, 0.29) is 6.04 Å². The highest BCUT2D eigenvalue weighted by molar-refractivity contribution is 7.84. The van der Waals surface area contributed by atoms with Crippen molar-refractivity contribution in [3.8, 4) is 0 Å². The summed E-state index contributed by atoms with van der Waals surface area (Å²) in [6.45, 7) is 1.95. The van der Waals surface area contributed by atoms with Crippen LogP contribution in [0, 0.1) is 5.82 Å². The minimum Gasteiger partial charge on any atom is -0.327 e. The highest BCUT2D eigenvalue weighted by Crippen LogP contribution is 2.05. The molecule has 0 aliphatic carbocycles. The van der Waals surface area contributed by atoms with Crippen molar-refractivity contribution in [3.05, 3.63) is 29.8 Å². The van der Waals surface area contributed by atoms with Gasteiger partial charge in [0.25, 0.3) is 0 Å². The van der Waals surface area contributed by atoms with Gasteiger partial charge in [0.2, 0.25) is 0 Å². The Morgan fingerprint density at radius 3 is 2.93 bits per heavy atom. The summed E-state index contributed by atoms with van der Waals surface area (Å²) >= 11 is 0. The summed E-state index contributed by atoms with van der Waals surface area (Å²) < 4.78 is 24.3. The standard InChI is InChI=1S/C10H15FN2OS/c1-2-10(12)7-15(14)6-8-3-9(11)5-13-4-8/h3-5,10H,2,6-7,12H2,1H3. The number of hydrogen-bond donors (Lipinski definition) is 1. The Morgan fingerprint density at radius 2 is 2.33 bits per heavy atom. The molecular formula is C10H15FN2OS. The first-order chi connectivity index (χ1) is 7.11. The molecule has 5 heteroatoms. The highest BCUT2D eigenvalue weighted by atomic mass is 32.2. The topological polar surface area (TPSA) is 56.0 Å². The Bertz CT molecular complexity index is 346. The summed E-state index contributed by atoms with van der Waals surface area (Å²) in [6, 6.07) is 1.30. The fraction of sp³-hybridized carbons (Fsp3) is 0.500. The Morgan fingerprint density at radius 1 is 1.60 bits per heavy atom. The third kappa shape index (κ3) is 4.48. The molecule has 1 heterocycles. The number of hydrogen-bond acceptors (Lipinski definition) is 3. The zero-order valence-electron chi connectivity index (χ0n) is 8.65. The van der Waals surface area contributed by atoms with Crippen molar-refractivity contribution in [2.75, 3.05) is 5.75 Å². The number of nitrogens with zero attached hydrogens (tertiary/aromatic N) is 1. The summed E-state index contributed by atoms with van der Waals surface area (Å²) in [5.41, 5.74) is 6.32. The van der Waals surface area contributed by atoms with E-state index in [0.717, 1.165) is 12.6 Å². The number of aromatic nitrogens is 1. The second-order valence-corrected chi connectivity index (χ2v) is 4.93. The van der Waals surface area contributed by atoms with E-state index in [1.165, 1.54) is 12.3 Å². The van der Waals surface area contributed by atoms with E-state index in [1.54, 1.807) is 0 Å². The first-order valence-electron chi connectivity index (χ1n) is 4.81. The van der Waals surface area contributed by atoms with Crippen molar-refractivity contribution < 1.29 is 8.60 Å². The Labute approximate surface area is 91.4 Å². The van der Waals surface area contributed by atoms with Crippen molar-refractivity contribution in [3.63, 3.8) is 0 Å². The molecule has 84 valence electrons. The van der Waals surface area contributed by atoms with E-state index in [2.05, 4.69) is 4.98 Å². The fourth-order valence-electron chi connectivity index (χ4n) is 1.14. The van der Waals surface area contributed by atoms with Crippen LogP contribution in [0.25, 0.3) is 0 Å². The van der Waals surface area contributed by atoms with E-state index in [9.17, 15) is 8.60 Å². The van der Waals surface area contributed by atoms with E-state index in [0.29, 0.717) is 17.1 Å². The SMILES string of the molecule is CCC(N)CS(=O)Cc1cncc(F)c1. The van der Waals surface area contributed by atoms with Gasteiger partial charge in [-0.25, -0.2) is 4.39 Å². The lowest BCUT2D eigenvalue weighted by Crippen LogP contribution is -2.26. The van der Waals surface area contributed by atoms with Gasteiger partial charge in [-0.15, -0.1) is 0 Å². The van der Waals surface area contributed by atoms with Crippen molar-refractivity contribution in [2.45, 2.75) is 25.1 Å². The Balaban J connectivity index is 2.51. The highest BCUT2D eigenvalue weighted by Gasteiger charge is 2.07. The molecule has 2 N–H and O–H groups in total. The molecule has 0 aromatic carbocycles. The lowest BCUT2D eigenvalue weighted by atomic mass is 10.3. The van der Waals surface area contributed by atoms with Crippen molar-refractivity contribution >= 4 is 10.8 Å². The molecule has 0 amide bonds. The molecule has 0 fully saturated rings. The van der Waals surface area contributed by atoms with Crippen LogP contribution in [0.3, 0.4) is 0 Å². The summed E-state index contributed by atoms with van der Waals surface area (Å²) in [7, 11) is -1.04. The molecule has 1 rings (SSSR count). The Hall–Kier alpha value is -0.810. The van der Waals surface area contributed by atoms with Crippen LogP contribution in [0.15, 0.2) is 18.5 Å². The molecule has 0 saturated heterocycles. The molecule has 15 heavy (non-hydrogen) atoms. The van der Waals surface area contributed by atoms with Crippen molar-refractivity contribution in [2.24, 2.45) is 5.73 Å². The monoisotopic (exact) mass is 230 g/mol. The van der Waals surface area contributed by atoms with Crippen LogP contribution in [0.2, 0.25) is 0 Å². The van der Waals surface area contributed by atoms with Crippen LogP contribution in [0.1, 0.15) is 18.9 Å². The molecule has 3 nitrogen and oxygen atoms in total. The van der Waals surface area contributed by atoms with Crippen LogP contribution < -0.4 is 5.73 Å². The first kappa shape index (κ1) is 12.3. The lowest BCUT2D eigenvalue weighted by molar-refractivity contribution is 0.619. The van der Waals surface area contributed by atoms with Crippen molar-refractivity contribution in [1.29, 1.82) is 0 Å². The van der Waals surface area contributed by atoms with Gasteiger partial charge in [0.15, 0.2) is 0 Å². The summed E-state index contributed by atoms with van der Waals surface area (Å²) in [5, 5.41) is 0. The van der Waals surface area contributed by atoms with E-state index >= 15 is 0 Å². The van der Waals surface area contributed by atoms with Crippen LogP contribution >= 0.6 is 0 Å². The van der Waals surface area contributed by atoms with Gasteiger partial charge >= 0.3 is 0 Å². The average Bonchev–Trinajstić information content (AvgIpc) is 2.17. The number of rotatable bonds is 5. The second kappa shape index (κ2) is 5.92. The molecule has 1 aromatic heterocycles. The molecule has 2 unspecified atom stereocenters. The zero-order valence-corrected chi connectivity index (χ0v) is 9.47. The molecule has 0 bridgehead atoms. The molecular weight excluding hydrogens is 215 g/mol. The van der Waals surface area contributed by atoms with Gasteiger partial charge in [-0.05, 0) is 18.1 Å². The van der Waals surface area contributed by atoms with E-state index in [4.69, 9.17) is 5.73 Å². The summed E-state index contributed by atoms with van der Waals surface area (Å²) in [6.07, 6.45) is 3.45. The molecule has 0 saturated carbocycles. The van der Waals surface area contributed by atoms with Gasteiger partial charge in [0, 0.05) is 28.8 Å². The second-order valence-electron chi connectivity index (χ2n) is 3.43. The van der Waals surface area contributed by atoms with Gasteiger partial charge in [-0.1, -0.05) is 6.92 Å². The third-order valence-corrected chi connectivity index (χ3v) is 3.47. The fourth-order valence-corrected chi connectivity index (χ4v) is 2.50. The van der Waals surface area contributed by atoms with Crippen LogP contribution in [0.4, 0.5) is 4.39 Å². The van der Waals surface area contributed by atoms with Crippen molar-refractivity contribution in [1.82, 2.24) is 4.98 Å². The first-order valence-corrected chi connectivity index (χ1v) is 6.30. The smallest absolute Gasteiger partial charge is 0.141 e. The maximum absolute atomic E-state index is 12.8. The molecule has 0 spiro atoms. The zero-order chi connectivity index (χ0) is 11.3. The van der Waals surface area contributed by atoms with Crippen LogP contribution in [0.5, 0.6) is 0 Å². The number of nitrogens with two attached hydrogens (primary N) is 1. The van der Waals surface area contributed by atoms with Crippen LogP contribution in [-0.2, 0) is 16.6 Å². The quantitative estimate of drug-likeness (QED) is 0.827. The largest absolute Gasteiger partial charge is 0.327 e. The van der Waals surface area contributed by atoms with Gasteiger partial charge in [0.1, 0.15) is 5.82 Å². The maximum Gasteiger partial charge on any atom is 0.141 e. The van der Waals surface area contributed by atoms with Gasteiger partial charge in [-0.3, -0.25) is 9.19 Å².